The fraction of sp³-hybridized carbons (Fsp3) is 0.571. The third-order valence-electron chi connectivity index (χ3n) is 3.15. The molecule has 0 amide bonds. The Morgan fingerprint density at radius 1 is 1.35 bits per heavy atom. The fourth-order valence-corrected chi connectivity index (χ4v) is 2.54. The summed E-state index contributed by atoms with van der Waals surface area (Å²) in [6, 6.07) is 7.36. The van der Waals surface area contributed by atoms with Gasteiger partial charge in [0.05, 0.1) is 20.6 Å². The molecule has 0 heterocycles. The monoisotopic (exact) mass is 237 g/mol. The molecule has 0 spiro atoms. The molecular weight excluding hydrogens is 214 g/mol. The van der Waals surface area contributed by atoms with Gasteiger partial charge in [0, 0.05) is 5.92 Å². The predicted octanol–water partition coefficient (Wildman–Crippen LogP) is 3.10. The van der Waals surface area contributed by atoms with Crippen molar-refractivity contribution in [1.82, 2.24) is 0 Å². The molecule has 3 nitrogen and oxygen atoms in total. The Hall–Kier alpha value is -1.06. The Balaban J connectivity index is 2.84. The lowest BCUT2D eigenvalue weighted by atomic mass is 9.85. The molecule has 1 aromatic carbocycles. The van der Waals surface area contributed by atoms with Crippen molar-refractivity contribution < 1.29 is 9.75 Å². The van der Waals surface area contributed by atoms with E-state index >= 15 is 0 Å². The van der Waals surface area contributed by atoms with Crippen LogP contribution >= 0.6 is 0 Å². The molecule has 0 radical (unpaired) electrons. The quantitative estimate of drug-likeness (QED) is 0.631. The van der Waals surface area contributed by atoms with Crippen LogP contribution in [0, 0.1) is 11.1 Å². The van der Waals surface area contributed by atoms with Crippen molar-refractivity contribution in [2.75, 3.05) is 20.6 Å². The van der Waals surface area contributed by atoms with E-state index in [0.717, 1.165) is 12.0 Å². The number of benzene rings is 1. The Labute approximate surface area is 104 Å². The van der Waals surface area contributed by atoms with Crippen LogP contribution in [0.1, 0.15) is 31.7 Å². The smallest absolute Gasteiger partial charge is 0.115 e. The van der Waals surface area contributed by atoms with Crippen LogP contribution < -0.4 is 0 Å². The summed E-state index contributed by atoms with van der Waals surface area (Å²) in [5.74, 6) is 0.923. The normalized spacial score (nSPS) is 15.6. The van der Waals surface area contributed by atoms with Crippen LogP contribution in [0.5, 0.6) is 5.75 Å². The van der Waals surface area contributed by atoms with Crippen molar-refractivity contribution in [1.29, 1.82) is 0 Å². The van der Waals surface area contributed by atoms with Crippen molar-refractivity contribution in [2.24, 2.45) is 5.92 Å². The highest BCUT2D eigenvalue weighted by Gasteiger charge is 2.21. The van der Waals surface area contributed by atoms with E-state index in [4.69, 9.17) is 0 Å². The molecule has 0 fully saturated rings. The second-order valence-corrected chi connectivity index (χ2v) is 5.34. The molecule has 0 aliphatic heterocycles. The summed E-state index contributed by atoms with van der Waals surface area (Å²) in [6.07, 6.45) is 0.977. The molecule has 3 heteroatoms. The zero-order valence-corrected chi connectivity index (χ0v) is 11.2. The SMILES string of the molecule is CC[C@@H](c1cccc(O)c1)[C@@H](C)C[N+](C)(C)[O-]. The van der Waals surface area contributed by atoms with Gasteiger partial charge in [-0.25, -0.2) is 0 Å². The van der Waals surface area contributed by atoms with Crippen molar-refractivity contribution in [3.05, 3.63) is 35.0 Å². The highest BCUT2D eigenvalue weighted by Crippen LogP contribution is 2.30. The number of phenolic OH excluding ortho intramolecular Hbond substituents is 1. The summed E-state index contributed by atoms with van der Waals surface area (Å²) in [4.78, 5) is 0. The van der Waals surface area contributed by atoms with E-state index in [1.54, 1.807) is 26.2 Å². The van der Waals surface area contributed by atoms with Crippen LogP contribution in [0.4, 0.5) is 0 Å². The van der Waals surface area contributed by atoms with E-state index < -0.39 is 0 Å². The molecule has 0 aliphatic carbocycles. The van der Waals surface area contributed by atoms with Crippen molar-refractivity contribution in [3.8, 4) is 5.75 Å². The van der Waals surface area contributed by atoms with Crippen molar-refractivity contribution in [3.63, 3.8) is 0 Å². The fourth-order valence-electron chi connectivity index (χ4n) is 2.54. The van der Waals surface area contributed by atoms with Gasteiger partial charge in [-0.3, -0.25) is 0 Å². The molecular formula is C14H23NO2. The number of nitrogens with zero attached hydrogens (tertiary/aromatic N) is 1. The number of quaternary nitrogens is 1. The number of hydrogen-bond donors (Lipinski definition) is 1. The van der Waals surface area contributed by atoms with Crippen LogP contribution in [-0.2, 0) is 0 Å². The van der Waals surface area contributed by atoms with Gasteiger partial charge in [0.25, 0.3) is 0 Å². The van der Waals surface area contributed by atoms with Gasteiger partial charge in [-0.1, -0.05) is 26.0 Å². The van der Waals surface area contributed by atoms with E-state index in [9.17, 15) is 10.3 Å². The average Bonchev–Trinajstić information content (AvgIpc) is 2.15. The number of hydrogen-bond acceptors (Lipinski definition) is 2. The van der Waals surface area contributed by atoms with E-state index in [2.05, 4.69) is 13.8 Å². The van der Waals surface area contributed by atoms with Crippen LogP contribution in [0.3, 0.4) is 0 Å². The van der Waals surface area contributed by atoms with Crippen LogP contribution in [-0.4, -0.2) is 30.4 Å². The molecule has 96 valence electrons. The summed E-state index contributed by atoms with van der Waals surface area (Å²) in [5.41, 5.74) is 1.12. The second-order valence-electron chi connectivity index (χ2n) is 5.34. The van der Waals surface area contributed by atoms with Crippen molar-refractivity contribution >= 4 is 0 Å². The summed E-state index contributed by atoms with van der Waals surface area (Å²) >= 11 is 0. The molecule has 0 unspecified atom stereocenters. The minimum absolute atomic E-state index is 0.267. The van der Waals surface area contributed by atoms with Gasteiger partial charge in [-0.05, 0) is 30.0 Å². The molecule has 0 aliphatic rings. The minimum atomic E-state index is -0.267. The van der Waals surface area contributed by atoms with Gasteiger partial charge < -0.3 is 15.0 Å². The predicted molar refractivity (Wildman–Crippen MR) is 70.6 cm³/mol. The first kappa shape index (κ1) is 14.0. The van der Waals surface area contributed by atoms with E-state index in [0.29, 0.717) is 24.1 Å². The lowest BCUT2D eigenvalue weighted by Crippen LogP contribution is -2.38. The van der Waals surface area contributed by atoms with Gasteiger partial charge in [-0.15, -0.1) is 0 Å². The third kappa shape index (κ3) is 4.36. The Morgan fingerprint density at radius 2 is 2.00 bits per heavy atom. The highest BCUT2D eigenvalue weighted by atomic mass is 16.5. The zero-order chi connectivity index (χ0) is 13.1. The van der Waals surface area contributed by atoms with Gasteiger partial charge in [0.15, 0.2) is 0 Å². The average molecular weight is 237 g/mol. The topological polar surface area (TPSA) is 43.3 Å². The third-order valence-corrected chi connectivity index (χ3v) is 3.15. The van der Waals surface area contributed by atoms with Crippen LogP contribution in [0.25, 0.3) is 0 Å². The first-order chi connectivity index (χ1) is 7.83. The number of rotatable bonds is 5. The second kappa shape index (κ2) is 5.52. The first-order valence-electron chi connectivity index (χ1n) is 6.16. The number of aromatic hydroxyl groups is 1. The zero-order valence-electron chi connectivity index (χ0n) is 11.2. The molecule has 1 aromatic rings. The molecule has 0 bridgehead atoms. The van der Waals surface area contributed by atoms with Gasteiger partial charge in [0.1, 0.15) is 5.75 Å². The maximum absolute atomic E-state index is 11.7. The molecule has 0 aromatic heterocycles. The Bertz CT molecular complexity index is 357. The van der Waals surface area contributed by atoms with Crippen LogP contribution in [0.2, 0.25) is 0 Å². The van der Waals surface area contributed by atoms with Gasteiger partial charge in [0.2, 0.25) is 0 Å². The summed E-state index contributed by atoms with van der Waals surface area (Å²) in [7, 11) is 3.34. The molecule has 0 saturated heterocycles. The molecule has 2 atom stereocenters. The highest BCUT2D eigenvalue weighted by molar-refractivity contribution is 5.30. The van der Waals surface area contributed by atoms with Gasteiger partial charge >= 0.3 is 0 Å². The summed E-state index contributed by atoms with van der Waals surface area (Å²) < 4.78 is -0.267. The van der Waals surface area contributed by atoms with E-state index in [1.165, 1.54) is 0 Å². The molecule has 1 N–H and O–H groups in total. The Kier molecular flexibility index (Phi) is 4.54. The standard InChI is InChI=1S/C14H23NO2/c1-5-14(11(2)10-15(3,4)17)12-7-6-8-13(16)9-12/h6-9,11,14,16H,5,10H2,1-4H3/t11-,14+/m0/s1. The van der Waals surface area contributed by atoms with E-state index in [1.807, 2.05) is 12.1 Å². The summed E-state index contributed by atoms with van der Waals surface area (Å²) in [6.45, 7) is 4.82. The molecule has 0 saturated carbocycles. The van der Waals surface area contributed by atoms with E-state index in [-0.39, 0.29) is 4.65 Å². The molecule has 1 rings (SSSR count). The number of phenols is 1. The maximum atomic E-state index is 11.7. The Morgan fingerprint density at radius 3 is 2.47 bits per heavy atom. The number of hydroxylamine groups is 3. The van der Waals surface area contributed by atoms with Crippen LogP contribution in [0.15, 0.2) is 24.3 Å². The molecule has 17 heavy (non-hydrogen) atoms. The lowest BCUT2D eigenvalue weighted by Gasteiger charge is -2.38. The summed E-state index contributed by atoms with van der Waals surface area (Å²) in [5, 5.41) is 21.2. The van der Waals surface area contributed by atoms with Gasteiger partial charge in [-0.2, -0.15) is 0 Å². The first-order valence-corrected chi connectivity index (χ1v) is 6.16. The minimum Gasteiger partial charge on any atom is -0.633 e. The largest absolute Gasteiger partial charge is 0.633 e. The maximum Gasteiger partial charge on any atom is 0.115 e. The lowest BCUT2D eigenvalue weighted by molar-refractivity contribution is -0.843. The van der Waals surface area contributed by atoms with Crippen molar-refractivity contribution in [2.45, 2.75) is 26.2 Å².